The largest absolute Gasteiger partial charge is 0.456 e. The number of rotatable bonds is 4. The van der Waals surface area contributed by atoms with Crippen molar-refractivity contribution in [3.8, 4) is 0 Å². The number of nitrogens with zero attached hydrogens (tertiary/aromatic N) is 4. The van der Waals surface area contributed by atoms with Gasteiger partial charge in [-0.2, -0.15) is 0 Å². The molecule has 0 amide bonds. The van der Waals surface area contributed by atoms with E-state index in [0.29, 0.717) is 17.6 Å². The minimum atomic E-state index is -0.620. The third kappa shape index (κ3) is 2.40. The summed E-state index contributed by atoms with van der Waals surface area (Å²) in [7, 11) is 0. The second kappa shape index (κ2) is 5.70. The average Bonchev–Trinajstić information content (AvgIpc) is 3.11. The van der Waals surface area contributed by atoms with Crippen LogP contribution in [0.15, 0.2) is 25.3 Å². The van der Waals surface area contributed by atoms with Crippen LogP contribution in [0.3, 0.4) is 0 Å². The van der Waals surface area contributed by atoms with Crippen molar-refractivity contribution in [3.05, 3.63) is 25.3 Å². The Morgan fingerprint density at radius 2 is 2.41 bits per heavy atom. The molecule has 0 unspecified atom stereocenters. The number of fused-ring (bicyclic) bond motifs is 1. The predicted molar refractivity (Wildman–Crippen MR) is 75.4 cm³/mol. The number of aromatic nitrogens is 4. The van der Waals surface area contributed by atoms with Crippen LogP contribution < -0.4 is 5.73 Å². The first-order valence-electron chi connectivity index (χ1n) is 6.66. The molecule has 0 saturated carbocycles. The van der Waals surface area contributed by atoms with Gasteiger partial charge in [-0.05, 0) is 0 Å². The molecule has 3 rings (SSSR count). The quantitative estimate of drug-likeness (QED) is 0.587. The van der Waals surface area contributed by atoms with Gasteiger partial charge >= 0.3 is 5.97 Å². The van der Waals surface area contributed by atoms with Crippen molar-refractivity contribution in [3.63, 3.8) is 0 Å². The minimum Gasteiger partial charge on any atom is -0.456 e. The maximum absolute atomic E-state index is 11.3. The Hall–Kier alpha value is -2.52. The Morgan fingerprint density at radius 1 is 1.59 bits per heavy atom. The molecule has 0 aliphatic carbocycles. The number of aliphatic hydroxyl groups excluding tert-OH is 1. The van der Waals surface area contributed by atoms with E-state index in [1.54, 1.807) is 4.57 Å². The van der Waals surface area contributed by atoms with Crippen molar-refractivity contribution in [1.29, 1.82) is 0 Å². The summed E-state index contributed by atoms with van der Waals surface area (Å²) in [5.41, 5.74) is 6.73. The molecule has 0 radical (unpaired) electrons. The molecule has 1 aliphatic heterocycles. The molecule has 0 aromatic carbocycles. The highest BCUT2D eigenvalue weighted by molar-refractivity contribution is 5.81. The van der Waals surface area contributed by atoms with Crippen LogP contribution in [0.2, 0.25) is 0 Å². The molecular formula is C13H15N5O4. The lowest BCUT2D eigenvalue weighted by Gasteiger charge is -2.15. The standard InChI is InChI=1S/C13H15N5O4/c1-2-10(20)22-7-3-9(21-8(7)4-19)18-6-17-11-12(14)15-5-16-13(11)18/h2,5-9,19H,1,3-4H2,(H2,14,15,16)/t7-,8+,9+/m0/s1. The third-order valence-electron chi connectivity index (χ3n) is 3.49. The van der Waals surface area contributed by atoms with E-state index in [-0.39, 0.29) is 12.4 Å². The van der Waals surface area contributed by atoms with E-state index in [2.05, 4.69) is 21.5 Å². The lowest BCUT2D eigenvalue weighted by atomic mass is 10.2. The van der Waals surface area contributed by atoms with Gasteiger partial charge in [0.05, 0.1) is 12.9 Å². The second-order valence-electron chi connectivity index (χ2n) is 4.81. The van der Waals surface area contributed by atoms with E-state index in [4.69, 9.17) is 15.2 Å². The summed E-state index contributed by atoms with van der Waals surface area (Å²) in [4.78, 5) is 23.5. The second-order valence-corrected chi connectivity index (χ2v) is 4.81. The maximum Gasteiger partial charge on any atom is 0.330 e. The van der Waals surface area contributed by atoms with Crippen molar-refractivity contribution >= 4 is 23.0 Å². The van der Waals surface area contributed by atoms with Gasteiger partial charge in [0.2, 0.25) is 0 Å². The maximum atomic E-state index is 11.3. The highest BCUT2D eigenvalue weighted by Gasteiger charge is 2.38. The molecule has 1 fully saturated rings. The fourth-order valence-electron chi connectivity index (χ4n) is 2.44. The number of anilines is 1. The molecule has 1 aliphatic rings. The molecule has 1 saturated heterocycles. The topological polar surface area (TPSA) is 125 Å². The number of hydrogen-bond donors (Lipinski definition) is 2. The summed E-state index contributed by atoms with van der Waals surface area (Å²) in [6.07, 6.45) is 2.64. The van der Waals surface area contributed by atoms with Gasteiger partial charge < -0.3 is 20.3 Å². The molecule has 0 bridgehead atoms. The summed E-state index contributed by atoms with van der Waals surface area (Å²) in [6.45, 7) is 3.08. The van der Waals surface area contributed by atoms with E-state index < -0.39 is 24.4 Å². The number of ether oxygens (including phenoxy) is 2. The first-order chi connectivity index (χ1) is 10.6. The highest BCUT2D eigenvalue weighted by Crippen LogP contribution is 2.32. The first kappa shape index (κ1) is 14.4. The highest BCUT2D eigenvalue weighted by atomic mass is 16.6. The van der Waals surface area contributed by atoms with E-state index in [1.165, 1.54) is 12.7 Å². The number of carbonyl (C=O) groups is 1. The van der Waals surface area contributed by atoms with Crippen molar-refractivity contribution in [2.45, 2.75) is 24.9 Å². The number of nitrogens with two attached hydrogens (primary N) is 1. The van der Waals surface area contributed by atoms with E-state index >= 15 is 0 Å². The Balaban J connectivity index is 1.87. The number of imidazole rings is 1. The van der Waals surface area contributed by atoms with Crippen molar-refractivity contribution in [2.75, 3.05) is 12.3 Å². The van der Waals surface area contributed by atoms with Gasteiger partial charge in [0.1, 0.15) is 30.3 Å². The number of hydrogen-bond acceptors (Lipinski definition) is 8. The van der Waals surface area contributed by atoms with E-state index in [0.717, 1.165) is 6.08 Å². The lowest BCUT2D eigenvalue weighted by Crippen LogP contribution is -2.29. The van der Waals surface area contributed by atoms with Crippen LogP contribution in [0.1, 0.15) is 12.6 Å². The summed E-state index contributed by atoms with van der Waals surface area (Å²) in [6, 6.07) is 0. The molecule has 2 aromatic heterocycles. The first-order valence-corrected chi connectivity index (χ1v) is 6.66. The fourth-order valence-corrected chi connectivity index (χ4v) is 2.44. The monoisotopic (exact) mass is 305 g/mol. The van der Waals surface area contributed by atoms with Gasteiger partial charge in [0.25, 0.3) is 0 Å². The Bertz CT molecular complexity index is 716. The summed E-state index contributed by atoms with van der Waals surface area (Å²) in [5, 5.41) is 9.38. The van der Waals surface area contributed by atoms with Crippen molar-refractivity contribution in [1.82, 2.24) is 19.5 Å². The van der Waals surface area contributed by atoms with Gasteiger partial charge in [0, 0.05) is 12.5 Å². The van der Waals surface area contributed by atoms with Gasteiger partial charge in [-0.15, -0.1) is 0 Å². The van der Waals surface area contributed by atoms with Gasteiger partial charge in [0.15, 0.2) is 11.5 Å². The van der Waals surface area contributed by atoms with Crippen LogP contribution in [-0.2, 0) is 14.3 Å². The average molecular weight is 305 g/mol. The minimum absolute atomic E-state index is 0.269. The molecule has 9 nitrogen and oxygen atoms in total. The van der Waals surface area contributed by atoms with Crippen LogP contribution >= 0.6 is 0 Å². The molecule has 3 heterocycles. The molecule has 2 aromatic rings. The lowest BCUT2D eigenvalue weighted by molar-refractivity contribution is -0.147. The number of esters is 1. The summed E-state index contributed by atoms with van der Waals surface area (Å²) in [5.74, 6) is -0.287. The molecule has 0 spiro atoms. The molecular weight excluding hydrogens is 290 g/mol. The van der Waals surface area contributed by atoms with Gasteiger partial charge in [-0.3, -0.25) is 4.57 Å². The Kier molecular flexibility index (Phi) is 3.73. The fraction of sp³-hybridized carbons (Fsp3) is 0.385. The van der Waals surface area contributed by atoms with E-state index in [1.807, 2.05) is 0 Å². The van der Waals surface area contributed by atoms with Crippen LogP contribution in [-0.4, -0.2) is 49.4 Å². The van der Waals surface area contributed by atoms with Crippen LogP contribution in [0.4, 0.5) is 5.82 Å². The Labute approximate surface area is 125 Å². The summed E-state index contributed by atoms with van der Waals surface area (Å²) < 4.78 is 12.6. The van der Waals surface area contributed by atoms with Gasteiger partial charge in [-0.25, -0.2) is 19.7 Å². The molecule has 116 valence electrons. The zero-order chi connectivity index (χ0) is 15.7. The van der Waals surface area contributed by atoms with Gasteiger partial charge in [-0.1, -0.05) is 6.58 Å². The van der Waals surface area contributed by atoms with Crippen molar-refractivity contribution < 1.29 is 19.4 Å². The van der Waals surface area contributed by atoms with Crippen molar-refractivity contribution in [2.24, 2.45) is 0 Å². The number of nitrogen functional groups attached to an aromatic ring is 1. The molecule has 22 heavy (non-hydrogen) atoms. The SMILES string of the molecule is C=CC(=O)O[C@H]1C[C@H](n2cnc3c(N)ncnc32)O[C@@H]1CO. The third-order valence-corrected chi connectivity index (χ3v) is 3.49. The smallest absolute Gasteiger partial charge is 0.330 e. The zero-order valence-corrected chi connectivity index (χ0v) is 11.6. The van der Waals surface area contributed by atoms with E-state index in [9.17, 15) is 9.90 Å². The molecule has 9 heteroatoms. The molecule has 3 atom stereocenters. The zero-order valence-electron chi connectivity index (χ0n) is 11.6. The predicted octanol–water partition coefficient (Wildman–Crippen LogP) is -0.214. The van der Waals surface area contributed by atoms with Crippen LogP contribution in [0.25, 0.3) is 11.2 Å². The normalized spacial score (nSPS) is 24.5. The van der Waals surface area contributed by atoms with Crippen LogP contribution in [0.5, 0.6) is 0 Å². The Morgan fingerprint density at radius 3 is 3.14 bits per heavy atom. The van der Waals surface area contributed by atoms with Crippen LogP contribution in [0, 0.1) is 0 Å². The number of aliphatic hydroxyl groups is 1. The summed E-state index contributed by atoms with van der Waals surface area (Å²) >= 11 is 0. The number of carbonyl (C=O) groups excluding carboxylic acids is 1. The molecule has 3 N–H and O–H groups in total.